The van der Waals surface area contributed by atoms with Gasteiger partial charge in [-0.25, -0.2) is 9.18 Å². The van der Waals surface area contributed by atoms with E-state index in [0.29, 0.717) is 23.7 Å². The molecule has 1 heterocycles. The normalized spacial score (nSPS) is 13.4. The Kier molecular flexibility index (Phi) is 3.55. The molecule has 0 aromatic heterocycles. The first kappa shape index (κ1) is 14.1. The lowest BCUT2D eigenvalue weighted by Gasteiger charge is -2.30. The molecule has 1 aliphatic rings. The third kappa shape index (κ3) is 2.41. The second kappa shape index (κ2) is 5.52. The van der Waals surface area contributed by atoms with Crippen LogP contribution in [-0.4, -0.2) is 6.03 Å². The van der Waals surface area contributed by atoms with Crippen LogP contribution in [0.1, 0.15) is 11.1 Å². The minimum atomic E-state index is -0.324. The summed E-state index contributed by atoms with van der Waals surface area (Å²) in [4.78, 5) is 13.9. The maximum atomic E-state index is 13.4. The van der Waals surface area contributed by atoms with Gasteiger partial charge in [-0.2, -0.15) is 0 Å². The molecule has 0 aliphatic carbocycles. The number of nitrogens with one attached hydrogen (secondary N) is 1. The van der Waals surface area contributed by atoms with Crippen molar-refractivity contribution in [1.82, 2.24) is 0 Å². The van der Waals surface area contributed by atoms with E-state index in [-0.39, 0.29) is 11.8 Å². The number of carbonyl (C=O) groups is 1. The Hall–Kier alpha value is -2.82. The van der Waals surface area contributed by atoms with Gasteiger partial charge in [0.15, 0.2) is 0 Å². The molecule has 0 radical (unpaired) electrons. The zero-order valence-electron chi connectivity index (χ0n) is 12.1. The smallest absolute Gasteiger partial charge is 0.326 e. The summed E-state index contributed by atoms with van der Waals surface area (Å²) in [6.07, 6.45) is 1.34. The molecule has 112 valence electrons. The van der Waals surface area contributed by atoms with Crippen LogP contribution >= 0.6 is 0 Å². The van der Waals surface area contributed by atoms with Crippen molar-refractivity contribution in [3.05, 3.63) is 66.2 Å². The fourth-order valence-corrected chi connectivity index (χ4v) is 2.55. The number of hydrogen-bond donors (Lipinski definition) is 1. The molecule has 22 heavy (non-hydrogen) atoms. The number of urea groups is 1. The van der Waals surface area contributed by atoms with Gasteiger partial charge in [0.2, 0.25) is 0 Å². The SMILES string of the molecule is C=COc1cccc(N2Cc3cc(F)ccc3NC2=O)c1C. The molecular formula is C17H15FN2O2. The molecular weight excluding hydrogens is 283 g/mol. The lowest BCUT2D eigenvalue weighted by atomic mass is 10.1. The van der Waals surface area contributed by atoms with E-state index in [4.69, 9.17) is 4.74 Å². The summed E-state index contributed by atoms with van der Waals surface area (Å²) in [5.74, 6) is 0.306. The highest BCUT2D eigenvalue weighted by Crippen LogP contribution is 2.33. The molecule has 5 heteroatoms. The monoisotopic (exact) mass is 298 g/mol. The zero-order valence-corrected chi connectivity index (χ0v) is 12.1. The third-order valence-electron chi connectivity index (χ3n) is 3.64. The second-order valence-electron chi connectivity index (χ2n) is 5.00. The Morgan fingerprint density at radius 1 is 1.36 bits per heavy atom. The molecule has 3 rings (SSSR count). The number of benzene rings is 2. The number of fused-ring (bicyclic) bond motifs is 1. The van der Waals surface area contributed by atoms with Gasteiger partial charge in [-0.1, -0.05) is 12.6 Å². The first-order valence-electron chi connectivity index (χ1n) is 6.84. The number of halogens is 1. The fourth-order valence-electron chi connectivity index (χ4n) is 2.55. The highest BCUT2D eigenvalue weighted by Gasteiger charge is 2.25. The van der Waals surface area contributed by atoms with E-state index < -0.39 is 0 Å². The Morgan fingerprint density at radius 2 is 2.18 bits per heavy atom. The summed E-state index contributed by atoms with van der Waals surface area (Å²) in [5, 5.41) is 2.77. The predicted molar refractivity (Wildman–Crippen MR) is 83.6 cm³/mol. The molecule has 2 aromatic carbocycles. The van der Waals surface area contributed by atoms with Crippen LogP contribution in [0.15, 0.2) is 49.2 Å². The van der Waals surface area contributed by atoms with Crippen LogP contribution in [0.25, 0.3) is 0 Å². The van der Waals surface area contributed by atoms with Crippen LogP contribution in [-0.2, 0) is 6.54 Å². The molecule has 0 fully saturated rings. The van der Waals surface area contributed by atoms with Crippen LogP contribution in [0.5, 0.6) is 5.75 Å². The lowest BCUT2D eigenvalue weighted by Crippen LogP contribution is -2.39. The van der Waals surface area contributed by atoms with E-state index in [2.05, 4.69) is 11.9 Å². The number of amides is 2. The summed E-state index contributed by atoms with van der Waals surface area (Å²) in [6.45, 7) is 5.70. The van der Waals surface area contributed by atoms with Crippen LogP contribution in [0.3, 0.4) is 0 Å². The molecule has 1 aliphatic heterocycles. The van der Waals surface area contributed by atoms with Crippen molar-refractivity contribution in [2.45, 2.75) is 13.5 Å². The second-order valence-corrected chi connectivity index (χ2v) is 5.00. The van der Waals surface area contributed by atoms with E-state index in [1.54, 1.807) is 23.1 Å². The third-order valence-corrected chi connectivity index (χ3v) is 3.64. The molecule has 0 bridgehead atoms. The number of rotatable bonds is 3. The van der Waals surface area contributed by atoms with Crippen molar-refractivity contribution in [3.63, 3.8) is 0 Å². The molecule has 1 N–H and O–H groups in total. The minimum absolute atomic E-state index is 0.252. The molecule has 2 amide bonds. The maximum Gasteiger partial charge on any atom is 0.326 e. The Bertz CT molecular complexity index is 758. The molecule has 0 saturated heterocycles. The molecule has 0 saturated carbocycles. The highest BCUT2D eigenvalue weighted by atomic mass is 19.1. The van der Waals surface area contributed by atoms with E-state index in [0.717, 1.165) is 11.1 Å². The zero-order chi connectivity index (χ0) is 15.7. The number of ether oxygens (including phenoxy) is 1. The van der Waals surface area contributed by atoms with Gasteiger partial charge in [-0.05, 0) is 42.8 Å². The van der Waals surface area contributed by atoms with Gasteiger partial charge in [0.05, 0.1) is 18.5 Å². The number of anilines is 2. The summed E-state index contributed by atoms with van der Waals surface area (Å²) >= 11 is 0. The van der Waals surface area contributed by atoms with Gasteiger partial charge >= 0.3 is 6.03 Å². The quantitative estimate of drug-likeness (QED) is 0.862. The maximum absolute atomic E-state index is 13.4. The summed E-state index contributed by atoms with van der Waals surface area (Å²) in [7, 11) is 0. The largest absolute Gasteiger partial charge is 0.465 e. The van der Waals surface area contributed by atoms with Gasteiger partial charge in [0, 0.05) is 11.3 Å². The van der Waals surface area contributed by atoms with Crippen molar-refractivity contribution < 1.29 is 13.9 Å². The summed E-state index contributed by atoms with van der Waals surface area (Å²) in [6, 6.07) is 9.52. The fraction of sp³-hybridized carbons (Fsp3) is 0.118. The number of carbonyl (C=O) groups excluding carboxylic acids is 1. The highest BCUT2D eigenvalue weighted by molar-refractivity contribution is 6.04. The Labute approximate surface area is 127 Å². The summed E-state index contributed by atoms with van der Waals surface area (Å²) < 4.78 is 18.7. The molecule has 0 spiro atoms. The topological polar surface area (TPSA) is 41.6 Å². The first-order chi connectivity index (χ1) is 10.6. The standard InChI is InChI=1S/C17H15FN2O2/c1-3-22-16-6-4-5-15(11(16)2)20-10-12-9-13(18)7-8-14(12)19-17(20)21/h3-9H,1,10H2,2H3,(H,19,21). The number of nitrogens with zero attached hydrogens (tertiary/aromatic N) is 1. The molecule has 0 unspecified atom stereocenters. The van der Waals surface area contributed by atoms with Crippen molar-refractivity contribution in [1.29, 1.82) is 0 Å². The van der Waals surface area contributed by atoms with Gasteiger partial charge in [-0.15, -0.1) is 0 Å². The Morgan fingerprint density at radius 3 is 2.95 bits per heavy atom. The van der Waals surface area contributed by atoms with Gasteiger partial charge in [0.1, 0.15) is 11.6 Å². The number of hydrogen-bond acceptors (Lipinski definition) is 2. The lowest BCUT2D eigenvalue weighted by molar-refractivity contribution is 0.256. The summed E-state index contributed by atoms with van der Waals surface area (Å²) in [5.41, 5.74) is 2.90. The average Bonchev–Trinajstić information content (AvgIpc) is 2.50. The van der Waals surface area contributed by atoms with Gasteiger partial charge in [0.25, 0.3) is 0 Å². The van der Waals surface area contributed by atoms with E-state index in [1.165, 1.54) is 18.4 Å². The van der Waals surface area contributed by atoms with E-state index in [1.807, 2.05) is 13.0 Å². The van der Waals surface area contributed by atoms with E-state index in [9.17, 15) is 9.18 Å². The van der Waals surface area contributed by atoms with Crippen molar-refractivity contribution >= 4 is 17.4 Å². The first-order valence-corrected chi connectivity index (χ1v) is 6.84. The average molecular weight is 298 g/mol. The van der Waals surface area contributed by atoms with Crippen LogP contribution < -0.4 is 15.0 Å². The van der Waals surface area contributed by atoms with Gasteiger partial charge in [-0.3, -0.25) is 4.90 Å². The minimum Gasteiger partial charge on any atom is -0.465 e. The van der Waals surface area contributed by atoms with Crippen molar-refractivity contribution in [2.75, 3.05) is 10.2 Å². The van der Waals surface area contributed by atoms with Crippen molar-refractivity contribution in [3.8, 4) is 5.75 Å². The molecule has 2 aromatic rings. The molecule has 4 nitrogen and oxygen atoms in total. The van der Waals surface area contributed by atoms with E-state index >= 15 is 0 Å². The Balaban J connectivity index is 2.01. The van der Waals surface area contributed by atoms with Crippen LogP contribution in [0.4, 0.5) is 20.6 Å². The van der Waals surface area contributed by atoms with Gasteiger partial charge < -0.3 is 10.1 Å². The van der Waals surface area contributed by atoms with Crippen LogP contribution in [0.2, 0.25) is 0 Å². The van der Waals surface area contributed by atoms with Crippen LogP contribution in [0, 0.1) is 12.7 Å². The predicted octanol–water partition coefficient (Wildman–Crippen LogP) is 4.21. The molecule has 0 atom stereocenters. The van der Waals surface area contributed by atoms with Crippen molar-refractivity contribution in [2.24, 2.45) is 0 Å².